The van der Waals surface area contributed by atoms with Gasteiger partial charge in [-0.05, 0) is 26.1 Å². The lowest BCUT2D eigenvalue weighted by Crippen LogP contribution is -2.47. The zero-order valence-electron chi connectivity index (χ0n) is 11.0. The third kappa shape index (κ3) is 2.80. The van der Waals surface area contributed by atoms with Crippen molar-refractivity contribution in [2.75, 3.05) is 38.3 Å². The average molecular weight is 251 g/mol. The second kappa shape index (κ2) is 6.13. The van der Waals surface area contributed by atoms with Crippen LogP contribution < -0.4 is 10.2 Å². The van der Waals surface area contributed by atoms with Crippen LogP contribution in [0.1, 0.15) is 18.7 Å². The topological polar surface area (TPSA) is 57.6 Å². The highest BCUT2D eigenvalue weighted by atomic mass is 16.5. The van der Waals surface area contributed by atoms with Gasteiger partial charge >= 0.3 is 0 Å². The van der Waals surface area contributed by atoms with Crippen molar-refractivity contribution in [1.82, 2.24) is 10.3 Å². The van der Waals surface area contributed by atoms with Gasteiger partial charge in [-0.15, -0.1) is 0 Å². The smallest absolute Gasteiger partial charge is 0.0756 e. The van der Waals surface area contributed by atoms with Crippen molar-refractivity contribution in [3.05, 3.63) is 24.0 Å². The van der Waals surface area contributed by atoms with E-state index in [0.29, 0.717) is 13.2 Å². The van der Waals surface area contributed by atoms with Gasteiger partial charge < -0.3 is 20.1 Å². The Morgan fingerprint density at radius 1 is 1.61 bits per heavy atom. The summed E-state index contributed by atoms with van der Waals surface area (Å²) in [6.45, 7) is 4.26. The number of hydrogen-bond donors (Lipinski definition) is 2. The molecule has 0 aromatic carbocycles. The first kappa shape index (κ1) is 13.3. The molecule has 5 nitrogen and oxygen atoms in total. The Balaban J connectivity index is 2.12. The lowest BCUT2D eigenvalue weighted by atomic mass is 10.2. The van der Waals surface area contributed by atoms with Crippen molar-refractivity contribution < 1.29 is 9.84 Å². The van der Waals surface area contributed by atoms with E-state index in [1.165, 1.54) is 0 Å². The van der Waals surface area contributed by atoms with Gasteiger partial charge in [-0.25, -0.2) is 0 Å². The van der Waals surface area contributed by atoms with Crippen LogP contribution in [0.2, 0.25) is 0 Å². The van der Waals surface area contributed by atoms with Gasteiger partial charge in [0.25, 0.3) is 0 Å². The summed E-state index contributed by atoms with van der Waals surface area (Å²) >= 11 is 0. The van der Waals surface area contributed by atoms with Gasteiger partial charge in [-0.2, -0.15) is 0 Å². The number of aromatic nitrogens is 1. The Morgan fingerprint density at radius 2 is 2.44 bits per heavy atom. The summed E-state index contributed by atoms with van der Waals surface area (Å²) in [5.74, 6) is 0. The molecule has 1 aliphatic rings. The molecule has 0 aliphatic carbocycles. The van der Waals surface area contributed by atoms with Crippen molar-refractivity contribution in [2.45, 2.75) is 19.0 Å². The molecule has 0 saturated carbocycles. The SMILES string of the molecule is CNC(C)c1ccc(N2CCOCC2CO)cn1. The lowest BCUT2D eigenvalue weighted by Gasteiger charge is -2.36. The fourth-order valence-electron chi connectivity index (χ4n) is 2.12. The molecule has 0 amide bonds. The number of nitrogens with one attached hydrogen (secondary N) is 1. The average Bonchev–Trinajstić information content (AvgIpc) is 2.46. The van der Waals surface area contributed by atoms with Gasteiger partial charge in [-0.3, -0.25) is 4.98 Å². The Bertz CT molecular complexity index is 369. The van der Waals surface area contributed by atoms with E-state index in [1.54, 1.807) is 0 Å². The predicted octanol–water partition coefficient (Wildman–Crippen LogP) is 0.559. The number of morpholine rings is 1. The summed E-state index contributed by atoms with van der Waals surface area (Å²) in [5.41, 5.74) is 2.07. The molecule has 0 radical (unpaired) electrons. The second-order valence-corrected chi connectivity index (χ2v) is 4.56. The standard InChI is InChI=1S/C13H21N3O2/c1-10(14-2)13-4-3-11(7-15-13)16-5-6-18-9-12(16)8-17/h3-4,7,10,12,14,17H,5-6,8-9H2,1-2H3. The van der Waals surface area contributed by atoms with Crippen LogP contribution in [0.3, 0.4) is 0 Å². The molecule has 2 N–H and O–H groups in total. The molecule has 100 valence electrons. The number of aliphatic hydroxyl groups is 1. The fraction of sp³-hybridized carbons (Fsp3) is 0.615. The number of ether oxygens (including phenoxy) is 1. The monoisotopic (exact) mass is 251 g/mol. The first-order chi connectivity index (χ1) is 8.76. The van der Waals surface area contributed by atoms with Gasteiger partial charge in [0, 0.05) is 12.6 Å². The fourth-order valence-corrected chi connectivity index (χ4v) is 2.12. The van der Waals surface area contributed by atoms with Gasteiger partial charge in [0.1, 0.15) is 0 Å². The zero-order valence-corrected chi connectivity index (χ0v) is 11.0. The molecular weight excluding hydrogens is 230 g/mol. The van der Waals surface area contributed by atoms with Crippen LogP contribution in [0, 0.1) is 0 Å². The molecule has 2 atom stereocenters. The predicted molar refractivity (Wildman–Crippen MR) is 70.8 cm³/mol. The number of aliphatic hydroxyl groups excluding tert-OH is 1. The zero-order chi connectivity index (χ0) is 13.0. The largest absolute Gasteiger partial charge is 0.394 e. The van der Waals surface area contributed by atoms with E-state index in [4.69, 9.17) is 4.74 Å². The molecular formula is C13H21N3O2. The summed E-state index contributed by atoms with van der Waals surface area (Å²) in [5, 5.41) is 12.5. The van der Waals surface area contributed by atoms with Crippen LogP contribution >= 0.6 is 0 Å². The first-order valence-corrected chi connectivity index (χ1v) is 6.34. The highest BCUT2D eigenvalue weighted by Crippen LogP contribution is 2.20. The minimum Gasteiger partial charge on any atom is -0.394 e. The maximum Gasteiger partial charge on any atom is 0.0756 e. The summed E-state index contributed by atoms with van der Waals surface area (Å²) < 4.78 is 5.37. The van der Waals surface area contributed by atoms with Gasteiger partial charge in [0.05, 0.1) is 43.4 Å². The van der Waals surface area contributed by atoms with Gasteiger partial charge in [-0.1, -0.05) is 0 Å². The lowest BCUT2D eigenvalue weighted by molar-refractivity contribution is 0.0727. The van der Waals surface area contributed by atoms with Crippen molar-refractivity contribution in [2.24, 2.45) is 0 Å². The number of anilines is 1. The minimum atomic E-state index is 0.0353. The van der Waals surface area contributed by atoms with Gasteiger partial charge in [0.2, 0.25) is 0 Å². The molecule has 2 heterocycles. The van der Waals surface area contributed by atoms with Crippen LogP contribution in [-0.4, -0.2) is 49.5 Å². The second-order valence-electron chi connectivity index (χ2n) is 4.56. The van der Waals surface area contributed by atoms with Crippen LogP contribution in [0.15, 0.2) is 18.3 Å². The Labute approximate surface area is 108 Å². The molecule has 2 rings (SSSR count). The van der Waals surface area contributed by atoms with Crippen molar-refractivity contribution in [3.63, 3.8) is 0 Å². The molecule has 0 bridgehead atoms. The van der Waals surface area contributed by atoms with E-state index in [0.717, 1.165) is 17.9 Å². The third-order valence-corrected chi connectivity index (χ3v) is 3.42. The number of rotatable bonds is 4. The maximum absolute atomic E-state index is 9.35. The minimum absolute atomic E-state index is 0.0353. The molecule has 0 spiro atoms. The third-order valence-electron chi connectivity index (χ3n) is 3.42. The van der Waals surface area contributed by atoms with Crippen LogP contribution in [-0.2, 0) is 4.74 Å². The van der Waals surface area contributed by atoms with Crippen molar-refractivity contribution >= 4 is 5.69 Å². The summed E-state index contributed by atoms with van der Waals surface area (Å²) in [6, 6.07) is 4.37. The van der Waals surface area contributed by atoms with Gasteiger partial charge in [0.15, 0.2) is 0 Å². The van der Waals surface area contributed by atoms with E-state index < -0.39 is 0 Å². The van der Waals surface area contributed by atoms with Crippen molar-refractivity contribution in [1.29, 1.82) is 0 Å². The number of pyridine rings is 1. The number of nitrogens with zero attached hydrogens (tertiary/aromatic N) is 2. The van der Waals surface area contributed by atoms with E-state index in [1.807, 2.05) is 19.3 Å². The van der Waals surface area contributed by atoms with Crippen LogP contribution in [0.4, 0.5) is 5.69 Å². The Kier molecular flexibility index (Phi) is 4.52. The highest BCUT2D eigenvalue weighted by molar-refractivity contribution is 5.46. The van der Waals surface area contributed by atoms with Crippen LogP contribution in [0.5, 0.6) is 0 Å². The summed E-state index contributed by atoms with van der Waals surface area (Å²) in [6.07, 6.45) is 1.87. The molecule has 18 heavy (non-hydrogen) atoms. The van der Waals surface area contributed by atoms with Crippen molar-refractivity contribution in [3.8, 4) is 0 Å². The highest BCUT2D eigenvalue weighted by Gasteiger charge is 2.22. The van der Waals surface area contributed by atoms with E-state index in [2.05, 4.69) is 28.2 Å². The molecule has 1 fully saturated rings. The van der Waals surface area contributed by atoms with E-state index in [9.17, 15) is 5.11 Å². The number of hydrogen-bond acceptors (Lipinski definition) is 5. The molecule has 1 saturated heterocycles. The molecule has 1 aromatic rings. The Morgan fingerprint density at radius 3 is 3.06 bits per heavy atom. The quantitative estimate of drug-likeness (QED) is 0.819. The van der Waals surface area contributed by atoms with E-state index >= 15 is 0 Å². The van der Waals surface area contributed by atoms with Crippen LogP contribution in [0.25, 0.3) is 0 Å². The molecule has 1 aliphatic heterocycles. The normalized spacial score (nSPS) is 21.9. The summed E-state index contributed by atoms with van der Waals surface area (Å²) in [7, 11) is 1.92. The molecule has 1 aromatic heterocycles. The first-order valence-electron chi connectivity index (χ1n) is 6.34. The molecule has 2 unspecified atom stereocenters. The van der Waals surface area contributed by atoms with E-state index in [-0.39, 0.29) is 18.7 Å². The Hall–Kier alpha value is -1.17. The molecule has 5 heteroatoms. The summed E-state index contributed by atoms with van der Waals surface area (Å²) in [4.78, 5) is 6.62. The maximum atomic E-state index is 9.35.